The van der Waals surface area contributed by atoms with Crippen molar-refractivity contribution in [3.63, 3.8) is 0 Å². The van der Waals surface area contributed by atoms with E-state index in [4.69, 9.17) is 0 Å². The van der Waals surface area contributed by atoms with Crippen LogP contribution in [0.3, 0.4) is 0 Å². The van der Waals surface area contributed by atoms with Crippen LogP contribution in [0.25, 0.3) is 11.1 Å². The lowest BCUT2D eigenvalue weighted by Crippen LogP contribution is -2.33. The number of hydrogen-bond acceptors (Lipinski definition) is 1. The van der Waals surface area contributed by atoms with E-state index in [-0.39, 0.29) is 5.78 Å². The number of carbonyl (C=O) groups is 1. The molecule has 4 aromatic rings. The number of rotatable bonds is 6. The predicted octanol–water partition coefficient (Wildman–Crippen LogP) is 5.25. The van der Waals surface area contributed by atoms with Gasteiger partial charge in [-0.05, 0) is 30.2 Å². The molecule has 0 radical (unpaired) electrons. The maximum Gasteiger partial charge on any atom is 0.416 e. The summed E-state index contributed by atoms with van der Waals surface area (Å²) in [7, 11) is 0. The second-order valence-corrected chi connectivity index (χ2v) is 7.97. The fraction of sp³-hybridized carbons (Fsp3) is 0.148. The molecule has 166 valence electrons. The normalized spacial score (nSPS) is 11.4. The Labute approximate surface area is 190 Å². The summed E-state index contributed by atoms with van der Waals surface area (Å²) < 4.78 is 42.1. The quantitative estimate of drug-likeness (QED) is 0.292. The summed E-state index contributed by atoms with van der Waals surface area (Å²) in [5.74, 6) is 0.0575. The summed E-state index contributed by atoms with van der Waals surface area (Å²) >= 11 is 0. The molecule has 6 heteroatoms. The van der Waals surface area contributed by atoms with Gasteiger partial charge in [-0.1, -0.05) is 36.4 Å². The second-order valence-electron chi connectivity index (χ2n) is 7.97. The summed E-state index contributed by atoms with van der Waals surface area (Å²) in [6.07, 6.45) is 3.55. The third kappa shape index (κ3) is 5.71. The minimum atomic E-state index is -4.32. The van der Waals surface area contributed by atoms with E-state index in [1.54, 1.807) is 6.92 Å². The standard InChI is InChI=1S/C27H23F3N2O/c1-20(33)23-6-2-21(3-7-23)18-31-14-10-24(11-15-31)25-12-16-32(17-13-25)19-22-4-8-26(9-5-22)27(28,29)30/h2-17H,18-19H2,1H3/q+2. The molecule has 0 bridgehead atoms. The number of hydrogen-bond donors (Lipinski definition) is 0. The number of benzene rings is 2. The van der Waals surface area contributed by atoms with Gasteiger partial charge in [0.2, 0.25) is 0 Å². The van der Waals surface area contributed by atoms with Gasteiger partial charge in [0.1, 0.15) is 0 Å². The van der Waals surface area contributed by atoms with Gasteiger partial charge in [-0.2, -0.15) is 13.2 Å². The molecule has 0 aliphatic carbocycles. The van der Waals surface area contributed by atoms with Crippen LogP contribution in [0, 0.1) is 0 Å². The van der Waals surface area contributed by atoms with E-state index in [2.05, 4.69) is 4.57 Å². The molecule has 0 unspecified atom stereocenters. The van der Waals surface area contributed by atoms with Crippen molar-refractivity contribution in [2.45, 2.75) is 26.2 Å². The number of carbonyl (C=O) groups excluding carboxylic acids is 1. The topological polar surface area (TPSA) is 24.8 Å². The van der Waals surface area contributed by atoms with Crippen molar-refractivity contribution in [2.24, 2.45) is 0 Å². The number of Topliss-reactive ketones (excluding diaryl/α,β-unsaturated/α-hetero) is 1. The molecule has 2 aromatic heterocycles. The molecule has 2 heterocycles. The lowest BCUT2D eigenvalue weighted by Gasteiger charge is -2.06. The van der Waals surface area contributed by atoms with E-state index in [1.807, 2.05) is 77.9 Å². The fourth-order valence-corrected chi connectivity index (χ4v) is 3.58. The van der Waals surface area contributed by atoms with Crippen LogP contribution >= 0.6 is 0 Å². The van der Waals surface area contributed by atoms with Crippen LogP contribution in [-0.4, -0.2) is 5.78 Å². The number of halogens is 3. The second kappa shape index (κ2) is 9.36. The highest BCUT2D eigenvalue weighted by atomic mass is 19.4. The third-order valence-electron chi connectivity index (χ3n) is 5.49. The zero-order chi connectivity index (χ0) is 23.4. The molecule has 0 aliphatic rings. The third-order valence-corrected chi connectivity index (χ3v) is 5.49. The fourth-order valence-electron chi connectivity index (χ4n) is 3.58. The Bertz CT molecular complexity index is 1230. The molecular weight excluding hydrogens is 425 g/mol. The summed E-state index contributed by atoms with van der Waals surface area (Å²) in [4.78, 5) is 11.4. The summed E-state index contributed by atoms with van der Waals surface area (Å²) in [5.41, 5.74) is 4.11. The molecule has 0 amide bonds. The molecule has 0 fully saturated rings. The van der Waals surface area contributed by atoms with Crippen LogP contribution in [0.15, 0.2) is 97.6 Å². The Morgan fingerprint density at radius 1 is 0.667 bits per heavy atom. The van der Waals surface area contributed by atoms with Gasteiger partial charge in [0.15, 0.2) is 43.7 Å². The maximum absolute atomic E-state index is 12.7. The Morgan fingerprint density at radius 3 is 1.42 bits per heavy atom. The van der Waals surface area contributed by atoms with E-state index in [0.717, 1.165) is 34.4 Å². The lowest BCUT2D eigenvalue weighted by atomic mass is 10.1. The Balaban J connectivity index is 1.40. The van der Waals surface area contributed by atoms with E-state index < -0.39 is 11.7 Å². The number of nitrogens with zero attached hydrogens (tertiary/aromatic N) is 2. The molecule has 0 N–H and O–H groups in total. The molecule has 0 atom stereocenters. The van der Waals surface area contributed by atoms with Crippen molar-refractivity contribution in [2.75, 3.05) is 0 Å². The maximum atomic E-state index is 12.7. The van der Waals surface area contributed by atoms with Crippen LogP contribution in [0.5, 0.6) is 0 Å². The molecule has 0 saturated heterocycles. The average Bonchev–Trinajstić information content (AvgIpc) is 2.80. The lowest BCUT2D eigenvalue weighted by molar-refractivity contribution is -0.688. The molecular formula is C27H23F3N2O+2. The molecule has 33 heavy (non-hydrogen) atoms. The van der Waals surface area contributed by atoms with Crippen molar-refractivity contribution >= 4 is 5.78 Å². The van der Waals surface area contributed by atoms with Crippen LogP contribution in [0.4, 0.5) is 13.2 Å². The van der Waals surface area contributed by atoms with Gasteiger partial charge in [0.25, 0.3) is 0 Å². The van der Waals surface area contributed by atoms with Gasteiger partial charge < -0.3 is 0 Å². The van der Waals surface area contributed by atoms with Gasteiger partial charge in [-0.25, -0.2) is 9.13 Å². The highest BCUT2D eigenvalue weighted by molar-refractivity contribution is 5.93. The van der Waals surface area contributed by atoms with E-state index in [9.17, 15) is 18.0 Å². The molecule has 2 aromatic carbocycles. The highest BCUT2D eigenvalue weighted by Gasteiger charge is 2.30. The van der Waals surface area contributed by atoms with Crippen molar-refractivity contribution in [1.29, 1.82) is 0 Å². The molecule has 4 rings (SSSR count). The van der Waals surface area contributed by atoms with E-state index in [0.29, 0.717) is 18.7 Å². The predicted molar refractivity (Wildman–Crippen MR) is 118 cm³/mol. The highest BCUT2D eigenvalue weighted by Crippen LogP contribution is 2.29. The first-order valence-corrected chi connectivity index (χ1v) is 10.5. The molecule has 0 spiro atoms. The first-order chi connectivity index (χ1) is 15.8. The minimum absolute atomic E-state index is 0.0575. The van der Waals surface area contributed by atoms with Gasteiger partial charge >= 0.3 is 6.18 Å². The zero-order valence-corrected chi connectivity index (χ0v) is 18.1. The Kier molecular flexibility index (Phi) is 6.36. The van der Waals surface area contributed by atoms with Gasteiger partial charge in [-0.3, -0.25) is 4.79 Å². The summed E-state index contributed by atoms with van der Waals surface area (Å²) in [5, 5.41) is 0. The van der Waals surface area contributed by atoms with Gasteiger partial charge in [0.05, 0.1) is 5.56 Å². The zero-order valence-electron chi connectivity index (χ0n) is 18.1. The van der Waals surface area contributed by atoms with Gasteiger partial charge in [-0.15, -0.1) is 0 Å². The van der Waals surface area contributed by atoms with Crippen molar-refractivity contribution in [3.05, 3.63) is 120 Å². The van der Waals surface area contributed by atoms with Crippen molar-refractivity contribution in [1.82, 2.24) is 0 Å². The Morgan fingerprint density at radius 2 is 1.06 bits per heavy atom. The van der Waals surface area contributed by atoms with Crippen LogP contribution in [0.2, 0.25) is 0 Å². The molecule has 0 aliphatic heterocycles. The van der Waals surface area contributed by atoms with E-state index >= 15 is 0 Å². The summed E-state index contributed by atoms with van der Waals surface area (Å²) in [6, 6.07) is 20.9. The van der Waals surface area contributed by atoms with Crippen LogP contribution in [0.1, 0.15) is 34.0 Å². The van der Waals surface area contributed by atoms with Gasteiger partial charge in [0, 0.05) is 41.0 Å². The first kappa shape index (κ1) is 22.4. The van der Waals surface area contributed by atoms with Crippen molar-refractivity contribution in [3.8, 4) is 11.1 Å². The number of alkyl halides is 3. The summed E-state index contributed by atoms with van der Waals surface area (Å²) in [6.45, 7) is 2.76. The number of pyridine rings is 2. The van der Waals surface area contributed by atoms with Crippen LogP contribution in [-0.2, 0) is 19.3 Å². The minimum Gasteiger partial charge on any atom is -0.295 e. The number of aromatic nitrogens is 2. The van der Waals surface area contributed by atoms with Crippen LogP contribution < -0.4 is 9.13 Å². The monoisotopic (exact) mass is 448 g/mol. The first-order valence-electron chi connectivity index (χ1n) is 10.5. The largest absolute Gasteiger partial charge is 0.416 e. The SMILES string of the molecule is CC(=O)c1ccc(C[n+]2ccc(-c3cc[n+](Cc4ccc(C(F)(F)F)cc4)cc3)cc2)cc1. The Hall–Kier alpha value is -3.80. The van der Waals surface area contributed by atoms with Crippen molar-refractivity contribution < 1.29 is 27.1 Å². The molecule has 3 nitrogen and oxygen atoms in total. The van der Waals surface area contributed by atoms with E-state index in [1.165, 1.54) is 12.1 Å². The average molecular weight is 448 g/mol. The smallest absolute Gasteiger partial charge is 0.295 e. The number of ketones is 1. The molecule has 0 saturated carbocycles.